The predicted molar refractivity (Wildman–Crippen MR) is 112 cm³/mol. The van der Waals surface area contributed by atoms with Crippen molar-refractivity contribution in [1.82, 2.24) is 20.8 Å². The minimum absolute atomic E-state index is 0.149. The fourth-order valence-electron chi connectivity index (χ4n) is 3.24. The molecule has 3 amide bonds. The SMILES string of the molecule is O=C(CC1NC(=O)c2ccccc2NC1=O)NCCCc1nc(-c2ccccc2)no1. The lowest BCUT2D eigenvalue weighted by Crippen LogP contribution is -2.44. The van der Waals surface area contributed by atoms with Gasteiger partial charge in [-0.25, -0.2) is 0 Å². The fourth-order valence-corrected chi connectivity index (χ4v) is 3.24. The van der Waals surface area contributed by atoms with Gasteiger partial charge in [-0.2, -0.15) is 4.98 Å². The summed E-state index contributed by atoms with van der Waals surface area (Å²) in [5.41, 5.74) is 1.67. The minimum atomic E-state index is -0.940. The molecule has 0 bridgehead atoms. The van der Waals surface area contributed by atoms with Crippen molar-refractivity contribution in [3.8, 4) is 11.4 Å². The van der Waals surface area contributed by atoms with Gasteiger partial charge in [0, 0.05) is 18.5 Å². The number of rotatable bonds is 7. The van der Waals surface area contributed by atoms with Crippen LogP contribution in [0.3, 0.4) is 0 Å². The largest absolute Gasteiger partial charge is 0.356 e. The van der Waals surface area contributed by atoms with Crippen molar-refractivity contribution in [1.29, 1.82) is 0 Å². The van der Waals surface area contributed by atoms with Crippen molar-refractivity contribution in [3.63, 3.8) is 0 Å². The van der Waals surface area contributed by atoms with Crippen LogP contribution in [-0.2, 0) is 16.0 Å². The molecule has 0 saturated heterocycles. The number of nitrogens with one attached hydrogen (secondary N) is 3. The zero-order valence-corrected chi connectivity index (χ0v) is 16.6. The number of hydrogen-bond donors (Lipinski definition) is 3. The number of carbonyl (C=O) groups excluding carboxylic acids is 3. The lowest BCUT2D eigenvalue weighted by molar-refractivity contribution is -0.125. The smallest absolute Gasteiger partial charge is 0.254 e. The van der Waals surface area contributed by atoms with Crippen LogP contribution in [0.2, 0.25) is 0 Å². The van der Waals surface area contributed by atoms with Crippen LogP contribution >= 0.6 is 0 Å². The van der Waals surface area contributed by atoms with E-state index in [-0.39, 0.29) is 12.3 Å². The van der Waals surface area contributed by atoms with Gasteiger partial charge in [0.2, 0.25) is 23.5 Å². The highest BCUT2D eigenvalue weighted by Gasteiger charge is 2.29. The summed E-state index contributed by atoms with van der Waals surface area (Å²) in [7, 11) is 0. The second-order valence-corrected chi connectivity index (χ2v) is 7.10. The standard InChI is InChI=1S/C22H21N5O4/c28-18(13-17-22(30)24-16-10-5-4-9-15(16)21(29)25-17)23-12-6-11-19-26-20(27-31-19)14-7-2-1-3-8-14/h1-5,7-10,17H,6,11-13H2,(H,23,28)(H,24,30)(H,25,29). The highest BCUT2D eigenvalue weighted by atomic mass is 16.5. The van der Waals surface area contributed by atoms with Gasteiger partial charge in [-0.05, 0) is 18.6 Å². The Hall–Kier alpha value is -4.01. The van der Waals surface area contributed by atoms with E-state index in [0.29, 0.717) is 42.4 Å². The molecule has 9 nitrogen and oxygen atoms in total. The first-order valence-electron chi connectivity index (χ1n) is 9.95. The Balaban J connectivity index is 1.23. The number of nitrogens with zero attached hydrogens (tertiary/aromatic N) is 2. The second-order valence-electron chi connectivity index (χ2n) is 7.10. The molecule has 0 aliphatic carbocycles. The van der Waals surface area contributed by atoms with Crippen LogP contribution in [0.5, 0.6) is 0 Å². The Morgan fingerprint density at radius 3 is 2.68 bits per heavy atom. The Kier molecular flexibility index (Phi) is 6.02. The van der Waals surface area contributed by atoms with Crippen molar-refractivity contribution >= 4 is 23.4 Å². The van der Waals surface area contributed by atoms with Gasteiger partial charge in [0.1, 0.15) is 6.04 Å². The summed E-state index contributed by atoms with van der Waals surface area (Å²) in [6.45, 7) is 0.379. The van der Waals surface area contributed by atoms with Crippen LogP contribution in [0.15, 0.2) is 59.1 Å². The van der Waals surface area contributed by atoms with Gasteiger partial charge in [0.05, 0.1) is 17.7 Å². The van der Waals surface area contributed by atoms with Crippen molar-refractivity contribution < 1.29 is 18.9 Å². The summed E-state index contributed by atoms with van der Waals surface area (Å²) in [4.78, 5) is 41.3. The number of para-hydroxylation sites is 1. The molecule has 1 aliphatic rings. The average Bonchev–Trinajstić information content (AvgIpc) is 3.22. The van der Waals surface area contributed by atoms with E-state index in [4.69, 9.17) is 4.52 Å². The summed E-state index contributed by atoms with van der Waals surface area (Å²) >= 11 is 0. The average molecular weight is 419 g/mol. The van der Waals surface area contributed by atoms with Crippen LogP contribution in [0.25, 0.3) is 11.4 Å². The van der Waals surface area contributed by atoms with E-state index in [1.807, 2.05) is 30.3 Å². The highest BCUT2D eigenvalue weighted by Crippen LogP contribution is 2.19. The number of benzene rings is 2. The molecular weight excluding hydrogens is 398 g/mol. The first-order chi connectivity index (χ1) is 15.1. The van der Waals surface area contributed by atoms with Gasteiger partial charge in [-0.3, -0.25) is 14.4 Å². The molecule has 158 valence electrons. The Labute approximate surface area is 178 Å². The third kappa shape index (κ3) is 4.95. The van der Waals surface area contributed by atoms with Crippen LogP contribution in [0.4, 0.5) is 5.69 Å². The van der Waals surface area contributed by atoms with Crippen molar-refractivity contribution in [2.45, 2.75) is 25.3 Å². The molecule has 1 aliphatic heterocycles. The van der Waals surface area contributed by atoms with E-state index in [1.165, 1.54) is 0 Å². The summed E-state index contributed by atoms with van der Waals surface area (Å²) in [6.07, 6.45) is 0.956. The van der Waals surface area contributed by atoms with Crippen LogP contribution in [0, 0.1) is 0 Å². The number of carbonyl (C=O) groups is 3. The molecule has 0 spiro atoms. The number of aryl methyl sites for hydroxylation is 1. The molecular formula is C22H21N5O4. The first-order valence-corrected chi connectivity index (χ1v) is 9.95. The lowest BCUT2D eigenvalue weighted by Gasteiger charge is -2.14. The minimum Gasteiger partial charge on any atom is -0.356 e. The van der Waals surface area contributed by atoms with Gasteiger partial charge < -0.3 is 20.5 Å². The van der Waals surface area contributed by atoms with Crippen molar-refractivity contribution in [3.05, 3.63) is 66.1 Å². The summed E-state index contributed by atoms with van der Waals surface area (Å²) < 4.78 is 5.24. The second kappa shape index (κ2) is 9.21. The maximum atomic E-state index is 12.4. The van der Waals surface area contributed by atoms with E-state index >= 15 is 0 Å². The number of hydrogen-bond acceptors (Lipinski definition) is 6. The van der Waals surface area contributed by atoms with E-state index in [9.17, 15) is 14.4 Å². The quantitative estimate of drug-likeness (QED) is 0.502. The number of amides is 3. The maximum Gasteiger partial charge on any atom is 0.254 e. The number of aromatic nitrogens is 2. The normalized spacial score (nSPS) is 15.4. The van der Waals surface area contributed by atoms with E-state index < -0.39 is 17.9 Å². The topological polar surface area (TPSA) is 126 Å². The van der Waals surface area contributed by atoms with E-state index in [2.05, 4.69) is 26.1 Å². The molecule has 1 aromatic heterocycles. The summed E-state index contributed by atoms with van der Waals surface area (Å²) in [6, 6.07) is 15.3. The van der Waals surface area contributed by atoms with Crippen LogP contribution in [-0.4, -0.2) is 40.4 Å². The molecule has 1 atom stereocenters. The van der Waals surface area contributed by atoms with Gasteiger partial charge in [0.25, 0.3) is 5.91 Å². The van der Waals surface area contributed by atoms with Gasteiger partial charge >= 0.3 is 0 Å². The zero-order valence-electron chi connectivity index (χ0n) is 16.6. The zero-order chi connectivity index (χ0) is 21.6. The molecule has 4 rings (SSSR count). The third-order valence-corrected chi connectivity index (χ3v) is 4.83. The number of anilines is 1. The maximum absolute atomic E-state index is 12.4. The third-order valence-electron chi connectivity index (χ3n) is 4.83. The highest BCUT2D eigenvalue weighted by molar-refractivity contribution is 6.10. The lowest BCUT2D eigenvalue weighted by atomic mass is 10.1. The molecule has 0 radical (unpaired) electrons. The molecule has 0 fully saturated rings. The molecule has 3 N–H and O–H groups in total. The monoisotopic (exact) mass is 419 g/mol. The van der Waals surface area contributed by atoms with E-state index in [1.54, 1.807) is 24.3 Å². The molecule has 31 heavy (non-hydrogen) atoms. The first kappa shape index (κ1) is 20.3. The predicted octanol–water partition coefficient (Wildman–Crippen LogP) is 1.93. The van der Waals surface area contributed by atoms with Gasteiger partial charge in [-0.1, -0.05) is 47.6 Å². The molecule has 2 aromatic carbocycles. The fraction of sp³-hybridized carbons (Fsp3) is 0.227. The molecule has 9 heteroatoms. The molecule has 1 unspecified atom stereocenters. The Morgan fingerprint density at radius 2 is 1.84 bits per heavy atom. The van der Waals surface area contributed by atoms with Gasteiger partial charge in [0.15, 0.2) is 0 Å². The van der Waals surface area contributed by atoms with E-state index in [0.717, 1.165) is 5.56 Å². The molecule has 3 aromatic rings. The molecule has 2 heterocycles. The molecule has 0 saturated carbocycles. The van der Waals surface area contributed by atoms with Crippen LogP contribution < -0.4 is 16.0 Å². The van der Waals surface area contributed by atoms with Crippen molar-refractivity contribution in [2.75, 3.05) is 11.9 Å². The van der Waals surface area contributed by atoms with Crippen molar-refractivity contribution in [2.24, 2.45) is 0 Å². The van der Waals surface area contributed by atoms with Crippen LogP contribution in [0.1, 0.15) is 29.1 Å². The Morgan fingerprint density at radius 1 is 1.06 bits per heavy atom. The number of fused-ring (bicyclic) bond motifs is 1. The Bertz CT molecular complexity index is 1100. The van der Waals surface area contributed by atoms with Gasteiger partial charge in [-0.15, -0.1) is 0 Å². The summed E-state index contributed by atoms with van der Waals surface area (Å²) in [5.74, 6) is -0.135. The summed E-state index contributed by atoms with van der Waals surface area (Å²) in [5, 5.41) is 12.0.